The molecule has 0 unspecified atom stereocenters. The van der Waals surface area contributed by atoms with Crippen molar-refractivity contribution in [3.63, 3.8) is 0 Å². The standard InChI is InChI=1S/C9H13IN2O/c1-5-6-11(3)9(13)8(2)7-12(4)10/h7H,1-4H3/b8-7-. The lowest BCUT2D eigenvalue weighted by molar-refractivity contribution is -0.123. The normalized spacial score (nSPS) is 10.1. The highest BCUT2D eigenvalue weighted by Crippen LogP contribution is 2.03. The Hall–Kier alpha value is -0.700. The van der Waals surface area contributed by atoms with Crippen LogP contribution in [0.5, 0.6) is 0 Å². The zero-order chi connectivity index (χ0) is 10.4. The summed E-state index contributed by atoms with van der Waals surface area (Å²) in [5, 5.41) is 0. The molecule has 0 heterocycles. The first-order chi connectivity index (χ1) is 5.99. The number of rotatable bonds is 2. The molecule has 0 aromatic rings. The maximum atomic E-state index is 11.5. The van der Waals surface area contributed by atoms with Gasteiger partial charge in [0, 0.05) is 31.9 Å². The quantitative estimate of drug-likeness (QED) is 0.254. The Morgan fingerprint density at radius 2 is 2.00 bits per heavy atom. The van der Waals surface area contributed by atoms with Crippen molar-refractivity contribution in [2.45, 2.75) is 13.8 Å². The summed E-state index contributed by atoms with van der Waals surface area (Å²) in [6.07, 6.45) is 1.76. The third-order valence-electron chi connectivity index (χ3n) is 1.29. The van der Waals surface area contributed by atoms with Crippen LogP contribution in [-0.2, 0) is 4.79 Å². The van der Waals surface area contributed by atoms with Crippen molar-refractivity contribution in [3.05, 3.63) is 11.8 Å². The highest BCUT2D eigenvalue weighted by atomic mass is 127. The number of hydrogen-bond acceptors (Lipinski definition) is 2. The largest absolute Gasteiger partial charge is 0.324 e. The molecule has 1 amide bonds. The molecule has 0 saturated carbocycles. The molecule has 0 N–H and O–H groups in total. The smallest absolute Gasteiger partial charge is 0.262 e. The molecule has 0 spiro atoms. The van der Waals surface area contributed by atoms with Crippen molar-refractivity contribution in [2.24, 2.45) is 0 Å². The molecule has 0 aliphatic heterocycles. The van der Waals surface area contributed by atoms with Gasteiger partial charge >= 0.3 is 0 Å². The van der Waals surface area contributed by atoms with Gasteiger partial charge in [-0.15, -0.1) is 0 Å². The van der Waals surface area contributed by atoms with Gasteiger partial charge in [-0.25, -0.2) is 0 Å². The summed E-state index contributed by atoms with van der Waals surface area (Å²) in [4.78, 5) is 12.9. The molecule has 0 aliphatic rings. The molecular weight excluding hydrogens is 279 g/mol. The third kappa shape index (κ3) is 4.78. The zero-order valence-corrected chi connectivity index (χ0v) is 10.4. The molecule has 0 atom stereocenters. The van der Waals surface area contributed by atoms with Crippen molar-refractivity contribution < 1.29 is 4.79 Å². The first-order valence-electron chi connectivity index (χ1n) is 3.76. The highest BCUT2D eigenvalue weighted by molar-refractivity contribution is 14.1. The fourth-order valence-electron chi connectivity index (χ4n) is 0.805. The second kappa shape index (κ2) is 5.86. The Bertz CT molecular complexity index is 273. The van der Waals surface area contributed by atoms with Gasteiger partial charge < -0.3 is 3.11 Å². The summed E-state index contributed by atoms with van der Waals surface area (Å²) in [5.41, 5.74) is 0.669. The lowest BCUT2D eigenvalue weighted by Gasteiger charge is -2.10. The number of hydrogen-bond donors (Lipinski definition) is 0. The second-order valence-corrected chi connectivity index (χ2v) is 4.08. The Labute approximate surface area is 93.3 Å². The number of halogens is 1. The Morgan fingerprint density at radius 3 is 2.38 bits per heavy atom. The number of amides is 1. The second-order valence-electron chi connectivity index (χ2n) is 2.56. The van der Waals surface area contributed by atoms with E-state index in [-0.39, 0.29) is 5.91 Å². The van der Waals surface area contributed by atoms with Gasteiger partial charge in [0.25, 0.3) is 5.91 Å². The van der Waals surface area contributed by atoms with Crippen molar-refractivity contribution in [3.8, 4) is 12.0 Å². The summed E-state index contributed by atoms with van der Waals surface area (Å²) in [6, 6.07) is 2.67. The third-order valence-corrected chi connectivity index (χ3v) is 1.57. The number of carbonyl (C=O) groups excluding carboxylic acids is 1. The molecule has 13 heavy (non-hydrogen) atoms. The molecule has 0 rings (SSSR count). The SMILES string of the molecule is CC#CN(C)C(=O)/C(C)=C\N(C)I. The van der Waals surface area contributed by atoms with Crippen LogP contribution in [0.2, 0.25) is 0 Å². The summed E-state index contributed by atoms with van der Waals surface area (Å²) >= 11 is 2.09. The van der Waals surface area contributed by atoms with Gasteiger partial charge in [-0.1, -0.05) is 5.92 Å². The first-order valence-corrected chi connectivity index (χ1v) is 4.73. The Balaban J connectivity index is 4.48. The lowest BCUT2D eigenvalue weighted by atomic mass is 10.3. The van der Waals surface area contributed by atoms with E-state index in [0.29, 0.717) is 5.57 Å². The lowest BCUT2D eigenvalue weighted by Crippen LogP contribution is -2.22. The average molecular weight is 292 g/mol. The zero-order valence-electron chi connectivity index (χ0n) is 8.26. The van der Waals surface area contributed by atoms with Crippen LogP contribution in [0.1, 0.15) is 13.8 Å². The maximum absolute atomic E-state index is 11.5. The molecule has 3 nitrogen and oxygen atoms in total. The van der Waals surface area contributed by atoms with Crippen LogP contribution in [0.3, 0.4) is 0 Å². The first kappa shape index (κ1) is 12.3. The number of carbonyl (C=O) groups is 1. The Kier molecular flexibility index (Phi) is 5.55. The van der Waals surface area contributed by atoms with Crippen LogP contribution in [0, 0.1) is 12.0 Å². The average Bonchev–Trinajstić information content (AvgIpc) is 2.02. The van der Waals surface area contributed by atoms with Crippen LogP contribution in [0.25, 0.3) is 0 Å². The predicted octanol–water partition coefficient (Wildman–Crippen LogP) is 1.61. The van der Waals surface area contributed by atoms with E-state index in [1.54, 1.807) is 30.2 Å². The van der Waals surface area contributed by atoms with Crippen molar-refractivity contribution in [1.29, 1.82) is 0 Å². The molecular formula is C9H13IN2O. The molecule has 0 aromatic heterocycles. The van der Waals surface area contributed by atoms with E-state index < -0.39 is 0 Å². The van der Waals surface area contributed by atoms with Gasteiger partial charge in [0.1, 0.15) is 0 Å². The van der Waals surface area contributed by atoms with E-state index in [2.05, 4.69) is 34.8 Å². The van der Waals surface area contributed by atoms with Crippen LogP contribution in [-0.4, -0.2) is 28.0 Å². The molecule has 0 bridgehead atoms. The van der Waals surface area contributed by atoms with Gasteiger partial charge in [0.15, 0.2) is 0 Å². The summed E-state index contributed by atoms with van der Waals surface area (Å²) < 4.78 is 1.80. The molecule has 72 valence electrons. The van der Waals surface area contributed by atoms with Crippen LogP contribution < -0.4 is 0 Å². The summed E-state index contributed by atoms with van der Waals surface area (Å²) in [7, 11) is 3.52. The van der Waals surface area contributed by atoms with Gasteiger partial charge in [0.2, 0.25) is 0 Å². The summed E-state index contributed by atoms with van der Waals surface area (Å²) in [5.74, 6) is 2.60. The topological polar surface area (TPSA) is 23.6 Å². The monoisotopic (exact) mass is 292 g/mol. The fraction of sp³-hybridized carbons (Fsp3) is 0.444. The molecule has 0 saturated heterocycles. The van der Waals surface area contributed by atoms with Crippen LogP contribution >= 0.6 is 22.9 Å². The molecule has 4 heteroatoms. The minimum atomic E-state index is -0.0714. The van der Waals surface area contributed by atoms with E-state index in [9.17, 15) is 4.79 Å². The van der Waals surface area contributed by atoms with Crippen molar-refractivity contribution in [1.82, 2.24) is 8.01 Å². The van der Waals surface area contributed by atoms with Crippen LogP contribution in [0.4, 0.5) is 0 Å². The molecule has 0 aliphatic carbocycles. The predicted molar refractivity (Wildman–Crippen MR) is 61.8 cm³/mol. The van der Waals surface area contributed by atoms with Gasteiger partial charge in [-0.3, -0.25) is 9.69 Å². The van der Waals surface area contributed by atoms with E-state index in [1.165, 1.54) is 4.90 Å². The van der Waals surface area contributed by atoms with Crippen molar-refractivity contribution in [2.75, 3.05) is 14.1 Å². The van der Waals surface area contributed by atoms with E-state index in [0.717, 1.165) is 0 Å². The van der Waals surface area contributed by atoms with E-state index in [4.69, 9.17) is 0 Å². The van der Waals surface area contributed by atoms with Crippen molar-refractivity contribution >= 4 is 28.8 Å². The van der Waals surface area contributed by atoms with Crippen LogP contribution in [0.15, 0.2) is 11.8 Å². The summed E-state index contributed by atoms with van der Waals surface area (Å²) in [6.45, 7) is 3.47. The number of likely N-dealkylation sites (N-methyl/N-ethyl adjacent to an activating group) is 1. The fourth-order valence-corrected chi connectivity index (χ4v) is 1.22. The van der Waals surface area contributed by atoms with Gasteiger partial charge in [0.05, 0.1) is 22.9 Å². The highest BCUT2D eigenvalue weighted by Gasteiger charge is 2.08. The van der Waals surface area contributed by atoms with E-state index >= 15 is 0 Å². The van der Waals surface area contributed by atoms with Gasteiger partial charge in [-0.2, -0.15) is 0 Å². The van der Waals surface area contributed by atoms with E-state index in [1.807, 2.05) is 7.05 Å². The molecule has 0 radical (unpaired) electrons. The maximum Gasteiger partial charge on any atom is 0.262 e. The minimum Gasteiger partial charge on any atom is -0.324 e. The molecule has 0 fully saturated rings. The molecule has 0 aromatic carbocycles. The minimum absolute atomic E-state index is 0.0714. The Morgan fingerprint density at radius 1 is 1.46 bits per heavy atom. The number of nitrogens with zero attached hydrogens (tertiary/aromatic N) is 2. The van der Waals surface area contributed by atoms with Gasteiger partial charge in [-0.05, 0) is 13.8 Å².